The maximum Gasteiger partial charge on any atom is 0.0331 e. The summed E-state index contributed by atoms with van der Waals surface area (Å²) in [6, 6.07) is 0. The molecule has 108 valence electrons. The lowest BCUT2D eigenvalue weighted by atomic mass is 9.75. The molecule has 0 aromatic heterocycles. The van der Waals surface area contributed by atoms with Gasteiger partial charge in [-0.3, -0.25) is 4.90 Å². The highest BCUT2D eigenvalue weighted by atomic mass is 15.2. The molecule has 0 aromatic carbocycles. The van der Waals surface area contributed by atoms with Gasteiger partial charge in [-0.2, -0.15) is 0 Å². The van der Waals surface area contributed by atoms with E-state index < -0.39 is 0 Å². The fourth-order valence-corrected chi connectivity index (χ4v) is 3.22. The Morgan fingerprint density at radius 2 is 1.83 bits per heavy atom. The molecule has 2 N–H and O–H groups in total. The second kappa shape index (κ2) is 7.49. The minimum absolute atomic E-state index is 0.317. The summed E-state index contributed by atoms with van der Waals surface area (Å²) in [7, 11) is 0. The summed E-state index contributed by atoms with van der Waals surface area (Å²) in [5, 5.41) is 0. The van der Waals surface area contributed by atoms with Crippen LogP contribution in [0.2, 0.25) is 0 Å². The number of hydrogen-bond acceptors (Lipinski definition) is 2. The summed E-state index contributed by atoms with van der Waals surface area (Å²) < 4.78 is 0. The van der Waals surface area contributed by atoms with Gasteiger partial charge in [-0.25, -0.2) is 0 Å². The predicted molar refractivity (Wildman–Crippen MR) is 80.7 cm³/mol. The maximum absolute atomic E-state index is 6.18. The third-order valence-electron chi connectivity index (χ3n) is 4.73. The SMILES string of the molecule is CCCN(CCC(C)C)C1(CN)CCC(C)CC1. The van der Waals surface area contributed by atoms with Crippen LogP contribution >= 0.6 is 0 Å². The monoisotopic (exact) mass is 254 g/mol. The van der Waals surface area contributed by atoms with Crippen molar-refractivity contribution in [2.24, 2.45) is 17.6 Å². The van der Waals surface area contributed by atoms with Gasteiger partial charge < -0.3 is 5.73 Å². The number of rotatable bonds is 7. The highest BCUT2D eigenvalue weighted by molar-refractivity contribution is 4.95. The standard InChI is InChI=1S/C16H34N2/c1-5-11-18(12-8-14(2)3)16(13-17)9-6-15(4)7-10-16/h14-15H,5-13,17H2,1-4H3. The number of nitrogens with two attached hydrogens (primary N) is 1. The van der Waals surface area contributed by atoms with E-state index in [4.69, 9.17) is 5.73 Å². The van der Waals surface area contributed by atoms with Crippen LogP contribution < -0.4 is 5.73 Å². The Hall–Kier alpha value is -0.0800. The molecule has 0 bridgehead atoms. The lowest BCUT2D eigenvalue weighted by Gasteiger charge is -2.47. The van der Waals surface area contributed by atoms with E-state index >= 15 is 0 Å². The van der Waals surface area contributed by atoms with Gasteiger partial charge >= 0.3 is 0 Å². The van der Waals surface area contributed by atoms with Crippen LogP contribution in [0.25, 0.3) is 0 Å². The van der Waals surface area contributed by atoms with Crippen molar-refractivity contribution in [3.63, 3.8) is 0 Å². The van der Waals surface area contributed by atoms with Crippen molar-refractivity contribution < 1.29 is 0 Å². The molecule has 1 fully saturated rings. The second-order valence-corrected chi connectivity index (χ2v) is 6.78. The second-order valence-electron chi connectivity index (χ2n) is 6.78. The molecule has 1 aliphatic carbocycles. The van der Waals surface area contributed by atoms with Gasteiger partial charge in [-0.15, -0.1) is 0 Å². The Balaban J connectivity index is 2.66. The lowest BCUT2D eigenvalue weighted by Crippen LogP contribution is -2.56. The van der Waals surface area contributed by atoms with Crippen LogP contribution in [0.1, 0.15) is 66.2 Å². The largest absolute Gasteiger partial charge is 0.329 e. The zero-order valence-electron chi connectivity index (χ0n) is 13.0. The zero-order valence-corrected chi connectivity index (χ0v) is 13.0. The quantitative estimate of drug-likeness (QED) is 0.751. The molecule has 0 spiro atoms. The molecule has 0 unspecified atom stereocenters. The van der Waals surface area contributed by atoms with E-state index in [1.54, 1.807) is 0 Å². The van der Waals surface area contributed by atoms with Gasteiger partial charge in [0, 0.05) is 12.1 Å². The van der Waals surface area contributed by atoms with Crippen molar-refractivity contribution >= 4 is 0 Å². The topological polar surface area (TPSA) is 29.3 Å². The summed E-state index contributed by atoms with van der Waals surface area (Å²) in [6.07, 6.45) is 7.89. The molecule has 0 aliphatic heterocycles. The first-order valence-electron chi connectivity index (χ1n) is 7.99. The van der Waals surface area contributed by atoms with Gasteiger partial charge in [0.2, 0.25) is 0 Å². The van der Waals surface area contributed by atoms with E-state index in [1.165, 1.54) is 51.6 Å². The number of hydrogen-bond donors (Lipinski definition) is 1. The summed E-state index contributed by atoms with van der Waals surface area (Å²) in [6.45, 7) is 12.6. The van der Waals surface area contributed by atoms with Crippen LogP contribution in [-0.2, 0) is 0 Å². The maximum atomic E-state index is 6.18. The predicted octanol–water partition coefficient (Wildman–Crippen LogP) is 3.65. The third kappa shape index (κ3) is 4.24. The van der Waals surface area contributed by atoms with E-state index in [2.05, 4.69) is 32.6 Å². The van der Waals surface area contributed by atoms with Crippen molar-refractivity contribution in [1.82, 2.24) is 4.90 Å². The van der Waals surface area contributed by atoms with Crippen molar-refractivity contribution in [2.45, 2.75) is 71.8 Å². The van der Waals surface area contributed by atoms with Crippen LogP contribution in [0.3, 0.4) is 0 Å². The molecule has 0 heterocycles. The molecule has 1 saturated carbocycles. The van der Waals surface area contributed by atoms with Crippen molar-refractivity contribution in [3.8, 4) is 0 Å². The molecule has 2 heteroatoms. The van der Waals surface area contributed by atoms with Crippen molar-refractivity contribution in [1.29, 1.82) is 0 Å². The normalized spacial score (nSPS) is 29.2. The molecule has 0 saturated heterocycles. The molecule has 2 nitrogen and oxygen atoms in total. The van der Waals surface area contributed by atoms with Gasteiger partial charge in [0.05, 0.1) is 0 Å². The molecule has 18 heavy (non-hydrogen) atoms. The van der Waals surface area contributed by atoms with Crippen LogP contribution in [0.15, 0.2) is 0 Å². The molecule has 0 radical (unpaired) electrons. The van der Waals surface area contributed by atoms with Crippen LogP contribution in [0.4, 0.5) is 0 Å². The minimum Gasteiger partial charge on any atom is -0.329 e. The highest BCUT2D eigenvalue weighted by Crippen LogP contribution is 2.36. The fraction of sp³-hybridized carbons (Fsp3) is 1.00. The smallest absolute Gasteiger partial charge is 0.0331 e. The van der Waals surface area contributed by atoms with E-state index in [9.17, 15) is 0 Å². The summed E-state index contributed by atoms with van der Waals surface area (Å²) in [5.74, 6) is 1.69. The molecular formula is C16H34N2. The third-order valence-corrected chi connectivity index (χ3v) is 4.73. The zero-order chi connectivity index (χ0) is 13.6. The first-order chi connectivity index (χ1) is 8.54. The summed E-state index contributed by atoms with van der Waals surface area (Å²) in [5.41, 5.74) is 6.50. The highest BCUT2D eigenvalue weighted by Gasteiger charge is 2.37. The van der Waals surface area contributed by atoms with E-state index in [0.29, 0.717) is 5.54 Å². The van der Waals surface area contributed by atoms with Gasteiger partial charge in [0.15, 0.2) is 0 Å². The van der Waals surface area contributed by atoms with Gasteiger partial charge in [-0.05, 0) is 63.5 Å². The Morgan fingerprint density at radius 1 is 1.22 bits per heavy atom. The van der Waals surface area contributed by atoms with E-state index in [1.807, 2.05) is 0 Å². The average Bonchev–Trinajstić information content (AvgIpc) is 2.36. The van der Waals surface area contributed by atoms with Crippen molar-refractivity contribution in [3.05, 3.63) is 0 Å². The molecule has 0 aromatic rings. The van der Waals surface area contributed by atoms with Crippen LogP contribution in [0.5, 0.6) is 0 Å². The van der Waals surface area contributed by atoms with Crippen LogP contribution in [0, 0.1) is 11.8 Å². The van der Waals surface area contributed by atoms with Gasteiger partial charge in [-0.1, -0.05) is 27.7 Å². The average molecular weight is 254 g/mol. The first kappa shape index (κ1) is 16.0. The molecule has 0 amide bonds. The fourth-order valence-electron chi connectivity index (χ4n) is 3.22. The Bertz CT molecular complexity index is 217. The Kier molecular flexibility index (Phi) is 6.65. The molecule has 1 rings (SSSR count). The lowest BCUT2D eigenvalue weighted by molar-refractivity contribution is 0.0408. The first-order valence-corrected chi connectivity index (χ1v) is 7.99. The minimum atomic E-state index is 0.317. The number of nitrogens with zero attached hydrogens (tertiary/aromatic N) is 1. The summed E-state index contributed by atoms with van der Waals surface area (Å²) >= 11 is 0. The van der Waals surface area contributed by atoms with Gasteiger partial charge in [0.25, 0.3) is 0 Å². The summed E-state index contributed by atoms with van der Waals surface area (Å²) in [4.78, 5) is 2.72. The van der Waals surface area contributed by atoms with Crippen LogP contribution in [-0.4, -0.2) is 30.1 Å². The Labute approximate surface area is 114 Å². The van der Waals surface area contributed by atoms with Gasteiger partial charge in [0.1, 0.15) is 0 Å². The molecule has 0 atom stereocenters. The molecule has 1 aliphatic rings. The Morgan fingerprint density at radius 3 is 2.28 bits per heavy atom. The molecular weight excluding hydrogens is 220 g/mol. The van der Waals surface area contributed by atoms with Crippen molar-refractivity contribution in [2.75, 3.05) is 19.6 Å². The van der Waals surface area contributed by atoms with E-state index in [-0.39, 0.29) is 0 Å². The van der Waals surface area contributed by atoms with E-state index in [0.717, 1.165) is 18.4 Å².